The second-order valence-corrected chi connectivity index (χ2v) is 8.75. The van der Waals surface area contributed by atoms with Crippen LogP contribution in [0.5, 0.6) is 0 Å². The van der Waals surface area contributed by atoms with Crippen molar-refractivity contribution in [2.24, 2.45) is 0 Å². The summed E-state index contributed by atoms with van der Waals surface area (Å²) in [7, 11) is 0. The number of aliphatic carboxylic acids is 1. The predicted molar refractivity (Wildman–Crippen MR) is 105 cm³/mol. The highest BCUT2D eigenvalue weighted by molar-refractivity contribution is 8.00. The average molecular weight is 386 g/mol. The number of carboxylic acids is 1. The van der Waals surface area contributed by atoms with Crippen LogP contribution in [-0.2, 0) is 17.6 Å². The first-order chi connectivity index (χ1) is 12.6. The topological polar surface area (TPSA) is 72.2 Å². The summed E-state index contributed by atoms with van der Waals surface area (Å²) in [5, 5.41) is 9.74. The van der Waals surface area contributed by atoms with Gasteiger partial charge < -0.3 is 5.11 Å². The van der Waals surface area contributed by atoms with Crippen LogP contribution in [0.2, 0.25) is 0 Å². The summed E-state index contributed by atoms with van der Waals surface area (Å²) < 4.78 is 1.56. The van der Waals surface area contributed by atoms with E-state index in [1.54, 1.807) is 22.8 Å². The summed E-state index contributed by atoms with van der Waals surface area (Å²) in [6.07, 6.45) is 4.15. The van der Waals surface area contributed by atoms with Crippen molar-refractivity contribution in [3.8, 4) is 5.69 Å². The number of benzene rings is 1. The SMILES string of the molecule is C[C@H](Sc1nc2sc3c(c2c(=O)n1-c1ccccc1)CCCC3)C(=O)O. The van der Waals surface area contributed by atoms with Crippen molar-refractivity contribution < 1.29 is 9.90 Å². The number of para-hydroxylation sites is 1. The molecule has 0 spiro atoms. The number of carbonyl (C=O) groups is 1. The van der Waals surface area contributed by atoms with Crippen molar-refractivity contribution in [1.29, 1.82) is 0 Å². The largest absolute Gasteiger partial charge is 0.480 e. The number of hydrogen-bond donors (Lipinski definition) is 1. The minimum atomic E-state index is -0.922. The highest BCUT2D eigenvalue weighted by Gasteiger charge is 2.24. The molecular formula is C19H18N2O3S2. The van der Waals surface area contributed by atoms with Crippen LogP contribution in [0.15, 0.2) is 40.3 Å². The van der Waals surface area contributed by atoms with Gasteiger partial charge in [-0.05, 0) is 50.3 Å². The van der Waals surface area contributed by atoms with Crippen LogP contribution in [0.1, 0.15) is 30.2 Å². The molecule has 0 unspecified atom stereocenters. The molecule has 0 bridgehead atoms. The number of carboxylic acid groups (broad SMARTS) is 1. The highest BCUT2D eigenvalue weighted by atomic mass is 32.2. The molecule has 0 amide bonds. The average Bonchev–Trinajstić information content (AvgIpc) is 3.01. The first-order valence-corrected chi connectivity index (χ1v) is 10.3. The van der Waals surface area contributed by atoms with Crippen molar-refractivity contribution in [2.75, 3.05) is 0 Å². The second kappa shape index (κ2) is 6.89. The van der Waals surface area contributed by atoms with Gasteiger partial charge in [-0.15, -0.1) is 11.3 Å². The van der Waals surface area contributed by atoms with Gasteiger partial charge in [0.1, 0.15) is 10.1 Å². The van der Waals surface area contributed by atoms with E-state index in [-0.39, 0.29) is 5.56 Å². The molecule has 26 heavy (non-hydrogen) atoms. The van der Waals surface area contributed by atoms with Crippen LogP contribution < -0.4 is 5.56 Å². The first-order valence-electron chi connectivity index (χ1n) is 8.58. The van der Waals surface area contributed by atoms with Crippen molar-refractivity contribution >= 4 is 39.3 Å². The normalized spacial score (nSPS) is 15.0. The Labute approximate surface area is 158 Å². The van der Waals surface area contributed by atoms with Crippen LogP contribution in [0.4, 0.5) is 0 Å². The summed E-state index contributed by atoms with van der Waals surface area (Å²) in [4.78, 5) is 31.4. The number of hydrogen-bond acceptors (Lipinski definition) is 5. The zero-order valence-corrected chi connectivity index (χ0v) is 15.9. The van der Waals surface area contributed by atoms with Crippen LogP contribution in [0, 0.1) is 0 Å². The fraction of sp³-hybridized carbons (Fsp3) is 0.316. The molecule has 0 saturated heterocycles. The van der Waals surface area contributed by atoms with Gasteiger partial charge in [-0.1, -0.05) is 30.0 Å². The number of thiophene rings is 1. The van der Waals surface area contributed by atoms with Crippen LogP contribution >= 0.6 is 23.1 Å². The number of nitrogens with zero attached hydrogens (tertiary/aromatic N) is 2. The van der Waals surface area contributed by atoms with Gasteiger partial charge in [0.25, 0.3) is 5.56 Å². The molecule has 2 heterocycles. The Balaban J connectivity index is 1.99. The maximum atomic E-state index is 13.4. The van der Waals surface area contributed by atoms with Crippen molar-refractivity contribution in [3.05, 3.63) is 51.1 Å². The van der Waals surface area contributed by atoms with E-state index >= 15 is 0 Å². The Kier molecular flexibility index (Phi) is 4.58. The molecule has 134 valence electrons. The van der Waals surface area contributed by atoms with Gasteiger partial charge in [-0.2, -0.15) is 0 Å². The predicted octanol–water partition coefficient (Wildman–Crippen LogP) is 3.89. The van der Waals surface area contributed by atoms with E-state index in [2.05, 4.69) is 0 Å². The molecule has 5 nitrogen and oxygen atoms in total. The second-order valence-electron chi connectivity index (χ2n) is 6.36. The number of aromatic nitrogens is 2. The van der Waals surface area contributed by atoms with E-state index in [4.69, 9.17) is 4.98 Å². The van der Waals surface area contributed by atoms with Gasteiger partial charge in [0.05, 0.1) is 11.1 Å². The molecule has 1 aliphatic carbocycles. The van der Waals surface area contributed by atoms with Gasteiger partial charge >= 0.3 is 5.97 Å². The maximum absolute atomic E-state index is 13.4. The molecule has 0 radical (unpaired) electrons. The van der Waals surface area contributed by atoms with Gasteiger partial charge in [-0.3, -0.25) is 14.2 Å². The van der Waals surface area contributed by atoms with E-state index in [1.165, 1.54) is 4.88 Å². The van der Waals surface area contributed by atoms with Gasteiger partial charge in [-0.25, -0.2) is 4.98 Å². The van der Waals surface area contributed by atoms with Crippen molar-refractivity contribution in [3.63, 3.8) is 0 Å². The number of rotatable bonds is 4. The third-order valence-corrected chi connectivity index (χ3v) is 6.83. The van der Waals surface area contributed by atoms with Crippen molar-refractivity contribution in [2.45, 2.75) is 43.0 Å². The summed E-state index contributed by atoms with van der Waals surface area (Å²) in [6, 6.07) is 9.32. The summed E-state index contributed by atoms with van der Waals surface area (Å²) in [5.74, 6) is -0.922. The van der Waals surface area contributed by atoms with E-state index in [1.807, 2.05) is 30.3 Å². The monoisotopic (exact) mass is 386 g/mol. The zero-order chi connectivity index (χ0) is 18.3. The zero-order valence-electron chi connectivity index (χ0n) is 14.3. The molecule has 2 aromatic heterocycles. The number of thioether (sulfide) groups is 1. The highest BCUT2D eigenvalue weighted by Crippen LogP contribution is 2.35. The fourth-order valence-electron chi connectivity index (χ4n) is 3.28. The Morgan fingerprint density at radius 3 is 2.73 bits per heavy atom. The molecule has 0 fully saturated rings. The fourth-order valence-corrected chi connectivity index (χ4v) is 5.44. The Hall–Kier alpha value is -2.12. The molecule has 7 heteroatoms. The minimum Gasteiger partial charge on any atom is -0.480 e. The van der Waals surface area contributed by atoms with Crippen molar-refractivity contribution in [1.82, 2.24) is 9.55 Å². The minimum absolute atomic E-state index is 0.0966. The van der Waals surface area contributed by atoms with E-state index in [0.29, 0.717) is 16.2 Å². The summed E-state index contributed by atoms with van der Waals surface area (Å²) in [5.41, 5.74) is 1.75. The molecule has 1 atom stereocenters. The molecule has 0 saturated carbocycles. The van der Waals surface area contributed by atoms with Gasteiger partial charge in [0, 0.05) is 4.88 Å². The third kappa shape index (κ3) is 2.95. The van der Waals surface area contributed by atoms with Crippen LogP contribution in [-0.4, -0.2) is 25.9 Å². The molecule has 3 aromatic rings. The lowest BCUT2D eigenvalue weighted by Crippen LogP contribution is -2.24. The lowest BCUT2D eigenvalue weighted by molar-refractivity contribution is -0.136. The third-order valence-electron chi connectivity index (χ3n) is 4.60. The molecule has 4 rings (SSSR count). The summed E-state index contributed by atoms with van der Waals surface area (Å²) in [6.45, 7) is 1.61. The molecule has 1 N–H and O–H groups in total. The quantitative estimate of drug-likeness (QED) is 0.544. The lowest BCUT2D eigenvalue weighted by Gasteiger charge is -2.14. The van der Waals surface area contributed by atoms with Gasteiger partial charge in [0.2, 0.25) is 0 Å². The lowest BCUT2D eigenvalue weighted by atomic mass is 9.97. The maximum Gasteiger partial charge on any atom is 0.316 e. The molecular weight excluding hydrogens is 368 g/mol. The smallest absolute Gasteiger partial charge is 0.316 e. The number of aryl methyl sites for hydroxylation is 2. The number of fused-ring (bicyclic) bond motifs is 3. The van der Waals surface area contributed by atoms with E-state index in [9.17, 15) is 14.7 Å². The Morgan fingerprint density at radius 1 is 1.27 bits per heavy atom. The molecule has 1 aliphatic rings. The summed E-state index contributed by atoms with van der Waals surface area (Å²) >= 11 is 2.69. The molecule has 1 aromatic carbocycles. The molecule has 0 aliphatic heterocycles. The van der Waals surface area contributed by atoms with E-state index < -0.39 is 11.2 Å². The van der Waals surface area contributed by atoms with E-state index in [0.717, 1.165) is 47.8 Å². The van der Waals surface area contributed by atoms with Gasteiger partial charge in [0.15, 0.2) is 5.16 Å². The Morgan fingerprint density at radius 2 is 2.00 bits per heavy atom. The first kappa shape index (κ1) is 17.3. The Bertz CT molecular complexity index is 1040. The van der Waals surface area contributed by atoms with Crippen LogP contribution in [0.3, 0.4) is 0 Å². The standard InChI is InChI=1S/C19H18N2O3S2/c1-11(18(23)24)25-19-20-16-15(13-9-5-6-10-14(13)26-16)17(22)21(19)12-7-3-2-4-8-12/h2-4,7-8,11H,5-6,9-10H2,1H3,(H,23,24)/t11-/m0/s1. The van der Waals surface area contributed by atoms with Crippen LogP contribution in [0.25, 0.3) is 15.9 Å².